The molecule has 0 aromatic heterocycles. The molecule has 0 bridgehead atoms. The molecule has 1 N–H and O–H groups in total. The molecule has 19 heavy (non-hydrogen) atoms. The summed E-state index contributed by atoms with van der Waals surface area (Å²) in [5.74, 6) is -1.26. The van der Waals surface area contributed by atoms with Crippen LogP contribution in [0.15, 0.2) is 46.8 Å². The zero-order chi connectivity index (χ0) is 14.3. The molecular formula is C12H10ClNO4S. The van der Waals surface area contributed by atoms with Crippen molar-refractivity contribution in [2.24, 2.45) is 4.36 Å². The van der Waals surface area contributed by atoms with E-state index in [1.165, 1.54) is 5.39 Å². The average Bonchev–Trinajstić information content (AvgIpc) is 2.38. The standard InChI is InChI=1S/C10H7Cl.C2H3NO4S/c11-10-7-3-5-8-4-1-2-6-9(8)10;4-2(5)1-3-8(6)7/h1-7H;1H2,(H,4,5). The van der Waals surface area contributed by atoms with Gasteiger partial charge >= 0.3 is 16.5 Å². The molecule has 7 heteroatoms. The van der Waals surface area contributed by atoms with Gasteiger partial charge in [-0.25, -0.2) is 0 Å². The highest BCUT2D eigenvalue weighted by molar-refractivity contribution is 7.61. The van der Waals surface area contributed by atoms with E-state index in [4.69, 9.17) is 16.7 Å². The van der Waals surface area contributed by atoms with E-state index in [1.807, 2.05) is 30.3 Å². The SMILES string of the molecule is Clc1cccc2ccccc12.O=C(O)CN=S(=O)=O. The summed E-state index contributed by atoms with van der Waals surface area (Å²) in [7, 11) is -2.59. The number of halogens is 1. The van der Waals surface area contributed by atoms with Gasteiger partial charge in [-0.2, -0.15) is 12.8 Å². The number of rotatable bonds is 2. The third-order valence-corrected chi connectivity index (χ3v) is 2.71. The summed E-state index contributed by atoms with van der Waals surface area (Å²) in [4.78, 5) is 9.54. The van der Waals surface area contributed by atoms with Crippen molar-refractivity contribution in [1.82, 2.24) is 0 Å². The van der Waals surface area contributed by atoms with Gasteiger partial charge in [-0.1, -0.05) is 48.0 Å². The Morgan fingerprint density at radius 3 is 2.32 bits per heavy atom. The molecule has 2 aromatic carbocycles. The molecule has 0 amide bonds. The van der Waals surface area contributed by atoms with Gasteiger partial charge in [-0.3, -0.25) is 4.79 Å². The Labute approximate surface area is 116 Å². The summed E-state index contributed by atoms with van der Waals surface area (Å²) in [5.41, 5.74) is 0. The predicted octanol–water partition coefficient (Wildman–Crippen LogP) is 2.63. The first-order valence-electron chi connectivity index (χ1n) is 5.12. The van der Waals surface area contributed by atoms with Crippen LogP contribution in [0.4, 0.5) is 0 Å². The van der Waals surface area contributed by atoms with Crippen molar-refractivity contribution in [3.05, 3.63) is 47.5 Å². The fourth-order valence-electron chi connectivity index (χ4n) is 1.29. The lowest BCUT2D eigenvalue weighted by atomic mass is 10.1. The van der Waals surface area contributed by atoms with Crippen LogP contribution in [0.2, 0.25) is 5.02 Å². The summed E-state index contributed by atoms with van der Waals surface area (Å²) >= 11 is 5.96. The van der Waals surface area contributed by atoms with E-state index in [2.05, 4.69) is 16.5 Å². The van der Waals surface area contributed by atoms with Gasteiger partial charge in [0.2, 0.25) is 0 Å². The van der Waals surface area contributed by atoms with Crippen molar-refractivity contribution in [1.29, 1.82) is 0 Å². The van der Waals surface area contributed by atoms with Crippen molar-refractivity contribution < 1.29 is 18.3 Å². The molecule has 0 radical (unpaired) electrons. The number of carboxylic acid groups (broad SMARTS) is 1. The Morgan fingerprint density at radius 2 is 1.79 bits per heavy atom. The highest BCUT2D eigenvalue weighted by atomic mass is 35.5. The lowest BCUT2D eigenvalue weighted by molar-refractivity contribution is -0.135. The van der Waals surface area contributed by atoms with E-state index in [1.54, 1.807) is 0 Å². The van der Waals surface area contributed by atoms with Crippen LogP contribution < -0.4 is 0 Å². The van der Waals surface area contributed by atoms with E-state index in [0.29, 0.717) is 0 Å². The van der Waals surface area contributed by atoms with E-state index < -0.39 is 23.0 Å². The van der Waals surface area contributed by atoms with Gasteiger partial charge in [0, 0.05) is 10.4 Å². The fraction of sp³-hybridized carbons (Fsp3) is 0.0833. The zero-order valence-electron chi connectivity index (χ0n) is 9.65. The topological polar surface area (TPSA) is 83.8 Å². The zero-order valence-corrected chi connectivity index (χ0v) is 11.2. The number of fused-ring (bicyclic) bond motifs is 1. The Bertz CT molecular complexity index is 699. The summed E-state index contributed by atoms with van der Waals surface area (Å²) in [5, 5.41) is 10.9. The molecule has 100 valence electrons. The third kappa shape index (κ3) is 5.50. The van der Waals surface area contributed by atoms with E-state index in [9.17, 15) is 13.2 Å². The molecule has 0 unspecified atom stereocenters. The second-order valence-electron chi connectivity index (χ2n) is 3.36. The largest absolute Gasteiger partial charge is 0.480 e. The second kappa shape index (κ2) is 7.50. The summed E-state index contributed by atoms with van der Waals surface area (Å²) in [6, 6.07) is 14.0. The van der Waals surface area contributed by atoms with E-state index >= 15 is 0 Å². The van der Waals surface area contributed by atoms with Gasteiger partial charge in [-0.05, 0) is 11.5 Å². The van der Waals surface area contributed by atoms with Crippen molar-refractivity contribution in [2.75, 3.05) is 6.54 Å². The third-order valence-electron chi connectivity index (χ3n) is 2.04. The highest BCUT2D eigenvalue weighted by Crippen LogP contribution is 2.21. The predicted molar refractivity (Wildman–Crippen MR) is 72.8 cm³/mol. The molecule has 0 saturated carbocycles. The maximum absolute atomic E-state index is 9.54. The number of aliphatic carboxylic acids is 1. The summed E-state index contributed by atoms with van der Waals surface area (Å²) in [6.07, 6.45) is 0. The lowest BCUT2D eigenvalue weighted by Crippen LogP contribution is -1.97. The summed E-state index contributed by atoms with van der Waals surface area (Å²) < 4.78 is 21.6. The maximum Gasteiger partial charge on any atom is 0.326 e. The highest BCUT2D eigenvalue weighted by Gasteiger charge is 1.94. The molecule has 2 aromatic rings. The van der Waals surface area contributed by atoms with Crippen molar-refractivity contribution in [3.8, 4) is 0 Å². The molecule has 0 spiro atoms. The van der Waals surface area contributed by atoms with Crippen LogP contribution in [-0.4, -0.2) is 26.0 Å². The first-order valence-corrected chi connectivity index (χ1v) is 6.53. The molecule has 2 rings (SSSR count). The van der Waals surface area contributed by atoms with Gasteiger partial charge in [0.1, 0.15) is 0 Å². The molecule has 0 aliphatic carbocycles. The fourth-order valence-corrected chi connectivity index (χ4v) is 1.75. The van der Waals surface area contributed by atoms with E-state index in [-0.39, 0.29) is 0 Å². The molecule has 0 heterocycles. The van der Waals surface area contributed by atoms with Crippen LogP contribution in [0.25, 0.3) is 10.8 Å². The Morgan fingerprint density at radius 1 is 1.16 bits per heavy atom. The minimum absolute atomic E-state index is 0.684. The normalized spacial score (nSPS) is 9.32. The van der Waals surface area contributed by atoms with Crippen LogP contribution in [0.3, 0.4) is 0 Å². The molecule has 0 fully saturated rings. The molecule has 0 saturated heterocycles. The number of nitrogens with zero attached hydrogens (tertiary/aromatic N) is 1. The lowest BCUT2D eigenvalue weighted by Gasteiger charge is -1.97. The van der Waals surface area contributed by atoms with Crippen LogP contribution in [0.1, 0.15) is 0 Å². The minimum atomic E-state index is -2.59. The monoisotopic (exact) mass is 299 g/mol. The summed E-state index contributed by atoms with van der Waals surface area (Å²) in [6.45, 7) is -0.684. The van der Waals surface area contributed by atoms with Crippen LogP contribution >= 0.6 is 11.6 Å². The quantitative estimate of drug-likeness (QED) is 0.924. The Balaban J connectivity index is 0.000000203. The molecule has 0 aliphatic heterocycles. The second-order valence-corrected chi connectivity index (χ2v) is 4.46. The minimum Gasteiger partial charge on any atom is -0.480 e. The number of hydrogen-bond donors (Lipinski definition) is 1. The smallest absolute Gasteiger partial charge is 0.326 e. The van der Waals surface area contributed by atoms with Gasteiger partial charge in [0.05, 0.1) is 0 Å². The first-order chi connectivity index (χ1) is 9.00. The average molecular weight is 300 g/mol. The molecule has 0 aliphatic rings. The molecule has 0 atom stereocenters. The molecular weight excluding hydrogens is 290 g/mol. The maximum atomic E-state index is 9.54. The van der Waals surface area contributed by atoms with Crippen molar-refractivity contribution >= 4 is 38.8 Å². The number of hydrogen-bond acceptors (Lipinski definition) is 4. The van der Waals surface area contributed by atoms with Gasteiger partial charge in [-0.15, -0.1) is 0 Å². The van der Waals surface area contributed by atoms with Gasteiger partial charge < -0.3 is 5.11 Å². The van der Waals surface area contributed by atoms with Crippen molar-refractivity contribution in [3.63, 3.8) is 0 Å². The van der Waals surface area contributed by atoms with Crippen LogP contribution in [0.5, 0.6) is 0 Å². The van der Waals surface area contributed by atoms with Gasteiger partial charge in [0.25, 0.3) is 0 Å². The van der Waals surface area contributed by atoms with Crippen LogP contribution in [0, 0.1) is 0 Å². The number of benzene rings is 2. The Kier molecular flexibility index (Phi) is 5.98. The first kappa shape index (κ1) is 15.1. The number of carbonyl (C=O) groups is 1. The van der Waals surface area contributed by atoms with E-state index in [0.717, 1.165) is 10.4 Å². The molecule has 5 nitrogen and oxygen atoms in total. The number of carboxylic acids is 1. The van der Waals surface area contributed by atoms with Gasteiger partial charge in [0.15, 0.2) is 6.54 Å². The van der Waals surface area contributed by atoms with Crippen LogP contribution in [-0.2, 0) is 15.3 Å². The van der Waals surface area contributed by atoms with Crippen molar-refractivity contribution in [2.45, 2.75) is 0 Å². The Hall–Kier alpha value is -1.92.